The fraction of sp³-hybridized carbons (Fsp3) is 0. The molecule has 4 nitrogen and oxygen atoms in total. The van der Waals surface area contributed by atoms with Crippen molar-refractivity contribution in [1.29, 1.82) is 0 Å². The minimum Gasteiger partial charge on any atom is -0.493 e. The average molecular weight is 162 g/mol. The summed E-state index contributed by atoms with van der Waals surface area (Å²) in [5, 5.41) is 9.72. The molecule has 12 heavy (non-hydrogen) atoms. The minimum atomic E-state index is -0.0539. The molecule has 60 valence electrons. The summed E-state index contributed by atoms with van der Waals surface area (Å²) >= 11 is 0. The van der Waals surface area contributed by atoms with Crippen LogP contribution in [0.2, 0.25) is 0 Å². The lowest BCUT2D eigenvalue weighted by molar-refractivity contribution is 0.112. The molecule has 0 aliphatic rings. The number of fused-ring (bicyclic) bond motifs is 1. The molecule has 0 unspecified atom stereocenters. The molecule has 0 saturated heterocycles. The zero-order valence-corrected chi connectivity index (χ0v) is 6.11. The summed E-state index contributed by atoms with van der Waals surface area (Å²) in [6, 6.07) is 1.47. The van der Waals surface area contributed by atoms with E-state index in [0.29, 0.717) is 11.1 Å². The van der Waals surface area contributed by atoms with Gasteiger partial charge in [-0.2, -0.15) is 0 Å². The number of aromatic nitrogens is 2. The molecule has 0 fully saturated rings. The Morgan fingerprint density at radius 2 is 2.42 bits per heavy atom. The number of aldehydes is 1. The highest BCUT2D eigenvalue weighted by atomic mass is 16.3. The zero-order chi connectivity index (χ0) is 8.55. The van der Waals surface area contributed by atoms with Gasteiger partial charge in [0.2, 0.25) is 5.88 Å². The largest absolute Gasteiger partial charge is 0.493 e. The first-order valence-electron chi connectivity index (χ1n) is 3.42. The smallest absolute Gasteiger partial charge is 0.212 e. The van der Waals surface area contributed by atoms with Crippen LogP contribution in [0.4, 0.5) is 0 Å². The number of carbonyl (C=O) groups excluding carboxylic acids is 1. The molecule has 0 saturated carbocycles. The second-order valence-corrected chi connectivity index (χ2v) is 2.45. The van der Waals surface area contributed by atoms with Gasteiger partial charge < -0.3 is 10.1 Å². The van der Waals surface area contributed by atoms with E-state index in [1.165, 1.54) is 12.3 Å². The summed E-state index contributed by atoms with van der Waals surface area (Å²) in [7, 11) is 0. The van der Waals surface area contributed by atoms with Gasteiger partial charge in [-0.05, 0) is 0 Å². The maximum atomic E-state index is 10.5. The summed E-state index contributed by atoms with van der Waals surface area (Å²) in [5.41, 5.74) is 1.27. The Morgan fingerprint density at radius 3 is 3.17 bits per heavy atom. The van der Waals surface area contributed by atoms with E-state index in [1.54, 1.807) is 6.20 Å². The van der Waals surface area contributed by atoms with E-state index in [0.717, 1.165) is 11.7 Å². The molecule has 2 aromatic rings. The van der Waals surface area contributed by atoms with E-state index in [1.807, 2.05) is 0 Å². The molecule has 0 atom stereocenters. The summed E-state index contributed by atoms with van der Waals surface area (Å²) in [6.45, 7) is 0. The van der Waals surface area contributed by atoms with Gasteiger partial charge in [-0.15, -0.1) is 0 Å². The van der Waals surface area contributed by atoms with Crippen LogP contribution in [0.1, 0.15) is 10.4 Å². The normalized spacial score (nSPS) is 10.3. The molecule has 0 spiro atoms. The second kappa shape index (κ2) is 2.34. The average Bonchev–Trinajstić information content (AvgIpc) is 2.46. The number of H-pyrrole nitrogens is 1. The van der Waals surface area contributed by atoms with Crippen molar-refractivity contribution in [2.45, 2.75) is 0 Å². The highest BCUT2D eigenvalue weighted by molar-refractivity contribution is 5.96. The molecular formula is C8H6N2O2. The molecule has 0 aliphatic heterocycles. The fourth-order valence-corrected chi connectivity index (χ4v) is 1.12. The van der Waals surface area contributed by atoms with E-state index in [4.69, 9.17) is 5.11 Å². The quantitative estimate of drug-likeness (QED) is 0.616. The van der Waals surface area contributed by atoms with Crippen LogP contribution in [0.25, 0.3) is 10.9 Å². The lowest BCUT2D eigenvalue weighted by Gasteiger charge is -1.90. The molecule has 0 aliphatic carbocycles. The Kier molecular flexibility index (Phi) is 1.33. The van der Waals surface area contributed by atoms with Gasteiger partial charge in [0.05, 0.1) is 5.52 Å². The highest BCUT2D eigenvalue weighted by Crippen LogP contribution is 2.18. The predicted molar refractivity (Wildman–Crippen MR) is 43.1 cm³/mol. The van der Waals surface area contributed by atoms with Crippen LogP contribution >= 0.6 is 0 Å². The van der Waals surface area contributed by atoms with Gasteiger partial charge in [0.1, 0.15) is 0 Å². The number of aromatic hydroxyl groups is 1. The Hall–Kier alpha value is -1.84. The van der Waals surface area contributed by atoms with Crippen LogP contribution in [0.3, 0.4) is 0 Å². The Bertz CT molecular complexity index is 434. The van der Waals surface area contributed by atoms with Gasteiger partial charge in [0, 0.05) is 29.4 Å². The SMILES string of the molecule is O=Cc1c[nH]c2cc(O)ncc12. The number of aromatic amines is 1. The van der Waals surface area contributed by atoms with Crippen LogP contribution in [0.15, 0.2) is 18.5 Å². The number of hydrogen-bond acceptors (Lipinski definition) is 3. The number of nitrogens with zero attached hydrogens (tertiary/aromatic N) is 1. The Morgan fingerprint density at radius 1 is 1.58 bits per heavy atom. The van der Waals surface area contributed by atoms with Crippen molar-refractivity contribution < 1.29 is 9.90 Å². The maximum absolute atomic E-state index is 10.5. The maximum Gasteiger partial charge on any atom is 0.212 e. The number of pyridine rings is 1. The van der Waals surface area contributed by atoms with Crippen molar-refractivity contribution in [1.82, 2.24) is 9.97 Å². The van der Waals surface area contributed by atoms with E-state index < -0.39 is 0 Å². The van der Waals surface area contributed by atoms with Crippen LogP contribution < -0.4 is 0 Å². The summed E-state index contributed by atoms with van der Waals surface area (Å²) in [6.07, 6.45) is 3.79. The molecule has 2 heterocycles. The molecule has 4 heteroatoms. The molecule has 2 aromatic heterocycles. The summed E-state index contributed by atoms with van der Waals surface area (Å²) < 4.78 is 0. The van der Waals surface area contributed by atoms with E-state index in [-0.39, 0.29) is 5.88 Å². The van der Waals surface area contributed by atoms with Crippen molar-refractivity contribution in [3.63, 3.8) is 0 Å². The van der Waals surface area contributed by atoms with Gasteiger partial charge in [0.15, 0.2) is 6.29 Å². The molecule has 2 rings (SSSR count). The van der Waals surface area contributed by atoms with Gasteiger partial charge in [0.25, 0.3) is 0 Å². The lowest BCUT2D eigenvalue weighted by Crippen LogP contribution is -1.77. The highest BCUT2D eigenvalue weighted by Gasteiger charge is 2.02. The van der Waals surface area contributed by atoms with Crippen LogP contribution in [0.5, 0.6) is 5.88 Å². The van der Waals surface area contributed by atoms with Gasteiger partial charge in [-0.1, -0.05) is 0 Å². The van der Waals surface area contributed by atoms with Crippen LogP contribution in [-0.2, 0) is 0 Å². The van der Waals surface area contributed by atoms with Crippen LogP contribution in [0, 0.1) is 0 Å². The monoisotopic (exact) mass is 162 g/mol. The standard InChI is InChI=1S/C8H6N2O2/c11-4-5-2-9-7-1-8(12)10-3-6(5)7/h1-4,9H,(H,10,12). The topological polar surface area (TPSA) is 66.0 Å². The molecule has 0 radical (unpaired) electrons. The molecule has 0 amide bonds. The third kappa shape index (κ3) is 0.852. The Balaban J connectivity index is 2.81. The first kappa shape index (κ1) is 6.84. The number of hydrogen-bond donors (Lipinski definition) is 2. The van der Waals surface area contributed by atoms with Gasteiger partial charge in [-0.25, -0.2) is 4.98 Å². The third-order valence-corrected chi connectivity index (χ3v) is 1.71. The second-order valence-electron chi connectivity index (χ2n) is 2.45. The van der Waals surface area contributed by atoms with E-state index >= 15 is 0 Å². The van der Waals surface area contributed by atoms with E-state index in [9.17, 15) is 4.79 Å². The molecular weight excluding hydrogens is 156 g/mol. The van der Waals surface area contributed by atoms with Crippen molar-refractivity contribution in [3.8, 4) is 5.88 Å². The lowest BCUT2D eigenvalue weighted by atomic mass is 10.2. The number of carbonyl (C=O) groups is 1. The van der Waals surface area contributed by atoms with Crippen molar-refractivity contribution in [3.05, 3.63) is 24.0 Å². The predicted octanol–water partition coefficient (Wildman–Crippen LogP) is 1.08. The number of rotatable bonds is 1. The zero-order valence-electron chi connectivity index (χ0n) is 6.11. The first-order valence-corrected chi connectivity index (χ1v) is 3.42. The molecule has 0 aromatic carbocycles. The van der Waals surface area contributed by atoms with Crippen LogP contribution in [-0.4, -0.2) is 21.4 Å². The number of nitrogens with one attached hydrogen (secondary N) is 1. The summed E-state index contributed by atoms with van der Waals surface area (Å²) in [4.78, 5) is 17.0. The minimum absolute atomic E-state index is 0.0539. The summed E-state index contributed by atoms with van der Waals surface area (Å²) in [5.74, 6) is -0.0539. The van der Waals surface area contributed by atoms with Gasteiger partial charge in [-0.3, -0.25) is 4.79 Å². The fourth-order valence-electron chi connectivity index (χ4n) is 1.12. The van der Waals surface area contributed by atoms with Crippen molar-refractivity contribution in [2.75, 3.05) is 0 Å². The molecule has 2 N–H and O–H groups in total. The van der Waals surface area contributed by atoms with Crippen molar-refractivity contribution in [2.24, 2.45) is 0 Å². The van der Waals surface area contributed by atoms with E-state index in [2.05, 4.69) is 9.97 Å². The third-order valence-electron chi connectivity index (χ3n) is 1.71. The van der Waals surface area contributed by atoms with Crippen molar-refractivity contribution >= 4 is 17.2 Å². The Labute approximate surface area is 67.9 Å². The van der Waals surface area contributed by atoms with Gasteiger partial charge >= 0.3 is 0 Å². The molecule has 0 bridgehead atoms. The first-order chi connectivity index (χ1) is 5.81.